The zero-order valence-electron chi connectivity index (χ0n) is 9.80. The first-order valence-electron chi connectivity index (χ1n) is 5.73. The predicted octanol–water partition coefficient (Wildman–Crippen LogP) is 2.27. The molecule has 0 fully saturated rings. The number of methoxy groups -OCH3 is 1. The lowest BCUT2D eigenvalue weighted by molar-refractivity contribution is 0.0600. The van der Waals surface area contributed by atoms with Gasteiger partial charge < -0.3 is 9.84 Å². The lowest BCUT2D eigenvalue weighted by Gasteiger charge is -2.21. The van der Waals surface area contributed by atoms with Crippen LogP contribution in [0.1, 0.15) is 34.7 Å². The SMILES string of the molecule is COC(=O)c1ccc([C@H]2CC=C[C@@H](O)C2)cc1. The summed E-state index contributed by atoms with van der Waals surface area (Å²) in [7, 11) is 1.37. The van der Waals surface area contributed by atoms with Gasteiger partial charge in [0.1, 0.15) is 0 Å². The van der Waals surface area contributed by atoms with Crippen molar-refractivity contribution in [2.24, 2.45) is 0 Å². The second kappa shape index (κ2) is 5.15. The van der Waals surface area contributed by atoms with Crippen LogP contribution in [0.4, 0.5) is 0 Å². The van der Waals surface area contributed by atoms with Crippen LogP contribution in [0.25, 0.3) is 0 Å². The minimum Gasteiger partial charge on any atom is -0.465 e. The molecule has 2 atom stereocenters. The molecule has 1 aliphatic carbocycles. The van der Waals surface area contributed by atoms with Crippen molar-refractivity contribution in [1.82, 2.24) is 0 Å². The maximum absolute atomic E-state index is 11.3. The number of benzene rings is 1. The quantitative estimate of drug-likeness (QED) is 0.628. The fourth-order valence-electron chi connectivity index (χ4n) is 2.15. The van der Waals surface area contributed by atoms with Crippen molar-refractivity contribution in [3.05, 3.63) is 47.5 Å². The van der Waals surface area contributed by atoms with Gasteiger partial charge in [0.2, 0.25) is 0 Å². The molecular weight excluding hydrogens is 216 g/mol. The average molecular weight is 232 g/mol. The highest BCUT2D eigenvalue weighted by molar-refractivity contribution is 5.89. The standard InChI is InChI=1S/C14H16O3/c1-17-14(16)11-7-5-10(6-8-11)12-3-2-4-13(15)9-12/h2,4-8,12-13,15H,3,9H2,1H3/t12-,13+/m0/s1. The third-order valence-electron chi connectivity index (χ3n) is 3.11. The maximum atomic E-state index is 11.3. The van der Waals surface area contributed by atoms with Crippen LogP contribution in [0.15, 0.2) is 36.4 Å². The molecule has 3 nitrogen and oxygen atoms in total. The summed E-state index contributed by atoms with van der Waals surface area (Å²) >= 11 is 0. The number of ether oxygens (including phenoxy) is 1. The Morgan fingerprint density at radius 3 is 2.65 bits per heavy atom. The van der Waals surface area contributed by atoms with Gasteiger partial charge in [0.15, 0.2) is 0 Å². The van der Waals surface area contributed by atoms with E-state index in [0.29, 0.717) is 11.5 Å². The maximum Gasteiger partial charge on any atom is 0.337 e. The average Bonchev–Trinajstić information content (AvgIpc) is 2.38. The Morgan fingerprint density at radius 1 is 1.35 bits per heavy atom. The molecule has 0 aromatic heterocycles. The van der Waals surface area contributed by atoms with Crippen LogP contribution in [-0.4, -0.2) is 24.3 Å². The van der Waals surface area contributed by atoms with Gasteiger partial charge in [-0.3, -0.25) is 0 Å². The number of aliphatic hydroxyl groups is 1. The molecule has 0 radical (unpaired) electrons. The van der Waals surface area contributed by atoms with Gasteiger partial charge in [0.25, 0.3) is 0 Å². The zero-order chi connectivity index (χ0) is 12.3. The normalized spacial score (nSPS) is 23.4. The predicted molar refractivity (Wildman–Crippen MR) is 64.9 cm³/mol. The number of rotatable bonds is 2. The number of carbonyl (C=O) groups is 1. The Labute approximate surface area is 101 Å². The molecule has 1 aromatic carbocycles. The van der Waals surface area contributed by atoms with Crippen molar-refractivity contribution >= 4 is 5.97 Å². The van der Waals surface area contributed by atoms with Gasteiger partial charge in [-0.1, -0.05) is 24.3 Å². The number of hydrogen-bond acceptors (Lipinski definition) is 3. The Morgan fingerprint density at radius 2 is 2.06 bits per heavy atom. The molecule has 90 valence electrons. The molecule has 0 saturated heterocycles. The number of hydrogen-bond donors (Lipinski definition) is 1. The number of allylic oxidation sites excluding steroid dienone is 1. The molecular formula is C14H16O3. The molecule has 1 aliphatic rings. The topological polar surface area (TPSA) is 46.5 Å². The summed E-state index contributed by atoms with van der Waals surface area (Å²) in [6, 6.07) is 7.41. The largest absolute Gasteiger partial charge is 0.465 e. The van der Waals surface area contributed by atoms with E-state index in [0.717, 1.165) is 18.4 Å². The van der Waals surface area contributed by atoms with Crippen LogP contribution in [0.3, 0.4) is 0 Å². The molecule has 3 heteroatoms. The van der Waals surface area contributed by atoms with E-state index >= 15 is 0 Å². The highest BCUT2D eigenvalue weighted by Gasteiger charge is 2.18. The number of carbonyl (C=O) groups excluding carboxylic acids is 1. The van der Waals surface area contributed by atoms with E-state index in [1.165, 1.54) is 7.11 Å². The minimum atomic E-state index is -0.353. The highest BCUT2D eigenvalue weighted by atomic mass is 16.5. The molecule has 0 spiro atoms. The van der Waals surface area contributed by atoms with Gasteiger partial charge in [-0.25, -0.2) is 4.79 Å². The third-order valence-corrected chi connectivity index (χ3v) is 3.11. The first-order valence-corrected chi connectivity index (χ1v) is 5.73. The summed E-state index contributed by atoms with van der Waals surface area (Å²) in [4.78, 5) is 11.3. The Balaban J connectivity index is 2.13. The van der Waals surface area contributed by atoms with Crippen LogP contribution >= 0.6 is 0 Å². The fourth-order valence-corrected chi connectivity index (χ4v) is 2.15. The molecule has 0 unspecified atom stereocenters. The summed E-state index contributed by atoms with van der Waals surface area (Å²) < 4.78 is 4.65. The van der Waals surface area contributed by atoms with E-state index in [9.17, 15) is 9.90 Å². The van der Waals surface area contributed by atoms with Gasteiger partial charge >= 0.3 is 5.97 Å². The van der Waals surface area contributed by atoms with Gasteiger partial charge in [-0.15, -0.1) is 0 Å². The van der Waals surface area contributed by atoms with E-state index in [2.05, 4.69) is 4.74 Å². The number of esters is 1. The Kier molecular flexibility index (Phi) is 3.59. The van der Waals surface area contributed by atoms with E-state index < -0.39 is 0 Å². The van der Waals surface area contributed by atoms with E-state index in [1.54, 1.807) is 12.1 Å². The molecule has 0 heterocycles. The van der Waals surface area contributed by atoms with Gasteiger partial charge in [0.05, 0.1) is 18.8 Å². The molecule has 1 aromatic rings. The summed E-state index contributed by atoms with van der Waals surface area (Å²) in [5.41, 5.74) is 1.71. The Bertz CT molecular complexity index is 420. The van der Waals surface area contributed by atoms with E-state index in [1.807, 2.05) is 24.3 Å². The van der Waals surface area contributed by atoms with Crippen molar-refractivity contribution in [2.45, 2.75) is 24.9 Å². The molecule has 0 bridgehead atoms. The van der Waals surface area contributed by atoms with Crippen LogP contribution in [0.2, 0.25) is 0 Å². The second-order valence-corrected chi connectivity index (χ2v) is 4.28. The van der Waals surface area contributed by atoms with E-state index in [4.69, 9.17) is 0 Å². The first kappa shape index (κ1) is 11.9. The van der Waals surface area contributed by atoms with E-state index in [-0.39, 0.29) is 12.1 Å². The first-order chi connectivity index (χ1) is 8.20. The molecule has 1 N–H and O–H groups in total. The van der Waals surface area contributed by atoms with Crippen molar-refractivity contribution in [1.29, 1.82) is 0 Å². The monoisotopic (exact) mass is 232 g/mol. The Hall–Kier alpha value is -1.61. The lowest BCUT2D eigenvalue weighted by atomic mass is 9.86. The fraction of sp³-hybridized carbons (Fsp3) is 0.357. The molecule has 0 aliphatic heterocycles. The van der Waals surface area contributed by atoms with Gasteiger partial charge in [0, 0.05) is 0 Å². The number of aliphatic hydroxyl groups excluding tert-OH is 1. The molecule has 17 heavy (non-hydrogen) atoms. The summed E-state index contributed by atoms with van der Waals surface area (Å²) in [5, 5.41) is 9.56. The third kappa shape index (κ3) is 2.74. The van der Waals surface area contributed by atoms with Crippen molar-refractivity contribution in [3.8, 4) is 0 Å². The van der Waals surface area contributed by atoms with Crippen molar-refractivity contribution in [3.63, 3.8) is 0 Å². The summed E-state index contributed by atoms with van der Waals surface area (Å²) in [6.45, 7) is 0. The van der Waals surface area contributed by atoms with Crippen molar-refractivity contribution < 1.29 is 14.6 Å². The molecule has 0 amide bonds. The summed E-state index contributed by atoms with van der Waals surface area (Å²) in [5.74, 6) is 0.0156. The lowest BCUT2D eigenvalue weighted by Crippen LogP contribution is -2.13. The second-order valence-electron chi connectivity index (χ2n) is 4.28. The van der Waals surface area contributed by atoms with Crippen LogP contribution in [0.5, 0.6) is 0 Å². The smallest absolute Gasteiger partial charge is 0.337 e. The molecule has 2 rings (SSSR count). The highest BCUT2D eigenvalue weighted by Crippen LogP contribution is 2.29. The van der Waals surface area contributed by atoms with Crippen molar-refractivity contribution in [2.75, 3.05) is 7.11 Å². The summed E-state index contributed by atoms with van der Waals surface area (Å²) in [6.07, 6.45) is 5.17. The van der Waals surface area contributed by atoms with Crippen LogP contribution in [0, 0.1) is 0 Å². The van der Waals surface area contributed by atoms with Crippen LogP contribution < -0.4 is 0 Å². The minimum absolute atomic E-state index is 0.319. The van der Waals surface area contributed by atoms with Gasteiger partial charge in [-0.05, 0) is 36.5 Å². The van der Waals surface area contributed by atoms with Gasteiger partial charge in [-0.2, -0.15) is 0 Å². The zero-order valence-corrected chi connectivity index (χ0v) is 9.80. The molecule has 0 saturated carbocycles. The van der Waals surface area contributed by atoms with Crippen LogP contribution in [-0.2, 0) is 4.74 Å².